The van der Waals surface area contributed by atoms with Crippen molar-refractivity contribution < 1.29 is 9.47 Å². The van der Waals surface area contributed by atoms with E-state index in [0.29, 0.717) is 6.79 Å². The van der Waals surface area contributed by atoms with E-state index in [1.807, 2.05) is 12.1 Å². The van der Waals surface area contributed by atoms with Gasteiger partial charge in [0, 0.05) is 31.4 Å². The summed E-state index contributed by atoms with van der Waals surface area (Å²) in [5.41, 5.74) is 2.35. The number of thiazole rings is 1. The molecule has 140 valence electrons. The number of aromatic nitrogens is 1. The molecule has 0 saturated heterocycles. The van der Waals surface area contributed by atoms with Crippen molar-refractivity contribution in [3.05, 3.63) is 39.8 Å². The van der Waals surface area contributed by atoms with Crippen LogP contribution in [0.5, 0.6) is 11.5 Å². The summed E-state index contributed by atoms with van der Waals surface area (Å²) in [6, 6.07) is 6.09. The first-order valence-electron chi connectivity index (χ1n) is 9.12. The van der Waals surface area contributed by atoms with Gasteiger partial charge in [0.15, 0.2) is 17.5 Å². The summed E-state index contributed by atoms with van der Waals surface area (Å²) in [5.74, 6) is 2.50. The molecule has 2 aromatic rings. The van der Waals surface area contributed by atoms with Crippen molar-refractivity contribution >= 4 is 17.3 Å². The standard InChI is InChI=1S/C19H26N4O2S/c1-3-18-23-15(12-26-18)8-10-22-19(20-4-2)21-9-7-14-5-6-16-17(11-14)25-13-24-16/h5-6,11-12H,3-4,7-10,13H2,1-2H3,(H2,20,21,22). The molecule has 0 saturated carbocycles. The summed E-state index contributed by atoms with van der Waals surface area (Å²) >= 11 is 1.73. The molecule has 26 heavy (non-hydrogen) atoms. The first kappa shape index (κ1) is 18.5. The van der Waals surface area contributed by atoms with Gasteiger partial charge in [0.2, 0.25) is 6.79 Å². The topological polar surface area (TPSA) is 67.8 Å². The number of guanidine groups is 1. The van der Waals surface area contributed by atoms with Gasteiger partial charge in [-0.3, -0.25) is 4.99 Å². The molecule has 0 unspecified atom stereocenters. The van der Waals surface area contributed by atoms with Crippen LogP contribution in [0, 0.1) is 0 Å². The molecule has 1 aliphatic heterocycles. The van der Waals surface area contributed by atoms with Crippen LogP contribution in [-0.4, -0.2) is 37.4 Å². The molecular weight excluding hydrogens is 348 g/mol. The molecule has 2 heterocycles. The molecule has 6 nitrogen and oxygen atoms in total. The van der Waals surface area contributed by atoms with Crippen LogP contribution in [0.3, 0.4) is 0 Å². The Morgan fingerprint density at radius 1 is 1.19 bits per heavy atom. The van der Waals surface area contributed by atoms with Crippen LogP contribution in [0.2, 0.25) is 0 Å². The predicted molar refractivity (Wildman–Crippen MR) is 105 cm³/mol. The molecule has 0 bridgehead atoms. The monoisotopic (exact) mass is 374 g/mol. The third kappa shape index (κ3) is 5.11. The molecule has 0 radical (unpaired) electrons. The number of hydrogen-bond donors (Lipinski definition) is 2. The van der Waals surface area contributed by atoms with Gasteiger partial charge >= 0.3 is 0 Å². The number of nitrogens with one attached hydrogen (secondary N) is 2. The lowest BCUT2D eigenvalue weighted by atomic mass is 10.1. The van der Waals surface area contributed by atoms with E-state index in [-0.39, 0.29) is 0 Å². The van der Waals surface area contributed by atoms with E-state index in [9.17, 15) is 0 Å². The molecular formula is C19H26N4O2S. The van der Waals surface area contributed by atoms with Gasteiger partial charge in [0.25, 0.3) is 0 Å². The minimum absolute atomic E-state index is 0.312. The van der Waals surface area contributed by atoms with Gasteiger partial charge in [-0.15, -0.1) is 11.3 Å². The Morgan fingerprint density at radius 3 is 2.88 bits per heavy atom. The fraction of sp³-hybridized carbons (Fsp3) is 0.474. The Labute approximate surface area is 158 Å². The average molecular weight is 375 g/mol. The van der Waals surface area contributed by atoms with E-state index < -0.39 is 0 Å². The highest BCUT2D eigenvalue weighted by Gasteiger charge is 2.12. The zero-order valence-electron chi connectivity index (χ0n) is 15.4. The minimum atomic E-state index is 0.312. The molecule has 1 aliphatic rings. The molecule has 0 atom stereocenters. The predicted octanol–water partition coefficient (Wildman–Crippen LogP) is 2.77. The van der Waals surface area contributed by atoms with Crippen molar-refractivity contribution in [1.82, 2.24) is 15.6 Å². The third-order valence-electron chi connectivity index (χ3n) is 4.03. The van der Waals surface area contributed by atoms with Crippen LogP contribution in [0.25, 0.3) is 0 Å². The molecule has 1 aromatic carbocycles. The molecule has 7 heteroatoms. The normalized spacial score (nSPS) is 13.1. The van der Waals surface area contributed by atoms with Crippen molar-refractivity contribution in [3.8, 4) is 11.5 Å². The maximum Gasteiger partial charge on any atom is 0.231 e. The van der Waals surface area contributed by atoms with E-state index in [4.69, 9.17) is 9.47 Å². The fourth-order valence-corrected chi connectivity index (χ4v) is 3.45. The van der Waals surface area contributed by atoms with E-state index in [1.54, 1.807) is 11.3 Å². The van der Waals surface area contributed by atoms with Gasteiger partial charge in [-0.2, -0.15) is 0 Å². The molecule has 0 spiro atoms. The Hall–Kier alpha value is -2.28. The Balaban J connectivity index is 1.46. The Bertz CT molecular complexity index is 745. The quantitative estimate of drug-likeness (QED) is 0.549. The summed E-state index contributed by atoms with van der Waals surface area (Å²) in [7, 11) is 0. The number of nitrogens with zero attached hydrogens (tertiary/aromatic N) is 2. The fourth-order valence-electron chi connectivity index (χ4n) is 2.67. The first-order chi connectivity index (χ1) is 12.8. The summed E-state index contributed by atoms with van der Waals surface area (Å²) in [6.45, 7) is 6.89. The van der Waals surface area contributed by atoms with Crippen molar-refractivity contribution in [1.29, 1.82) is 0 Å². The van der Waals surface area contributed by atoms with Crippen molar-refractivity contribution in [2.24, 2.45) is 4.99 Å². The number of ether oxygens (including phenoxy) is 2. The average Bonchev–Trinajstić information content (AvgIpc) is 3.30. The number of aliphatic imine (C=N–C) groups is 1. The van der Waals surface area contributed by atoms with E-state index in [1.165, 1.54) is 10.6 Å². The molecule has 0 aliphatic carbocycles. The van der Waals surface area contributed by atoms with Gasteiger partial charge in [-0.25, -0.2) is 4.98 Å². The van der Waals surface area contributed by atoms with Crippen LogP contribution >= 0.6 is 11.3 Å². The van der Waals surface area contributed by atoms with E-state index in [2.05, 4.69) is 45.9 Å². The smallest absolute Gasteiger partial charge is 0.231 e. The van der Waals surface area contributed by atoms with E-state index in [0.717, 1.165) is 62.0 Å². The Kier molecular flexibility index (Phi) is 6.71. The van der Waals surface area contributed by atoms with Crippen molar-refractivity contribution in [2.45, 2.75) is 33.1 Å². The van der Waals surface area contributed by atoms with Crippen LogP contribution in [0.4, 0.5) is 0 Å². The van der Waals surface area contributed by atoms with Gasteiger partial charge in [-0.1, -0.05) is 13.0 Å². The lowest BCUT2D eigenvalue weighted by molar-refractivity contribution is 0.174. The number of fused-ring (bicyclic) bond motifs is 1. The van der Waals surface area contributed by atoms with Gasteiger partial charge < -0.3 is 20.1 Å². The van der Waals surface area contributed by atoms with Crippen LogP contribution < -0.4 is 20.1 Å². The zero-order chi connectivity index (χ0) is 18.2. The first-order valence-corrected chi connectivity index (χ1v) is 10.0. The second-order valence-electron chi connectivity index (χ2n) is 5.96. The lowest BCUT2D eigenvalue weighted by Gasteiger charge is -2.11. The summed E-state index contributed by atoms with van der Waals surface area (Å²) < 4.78 is 10.8. The van der Waals surface area contributed by atoms with Gasteiger partial charge in [0.05, 0.1) is 10.7 Å². The molecule has 1 aromatic heterocycles. The maximum absolute atomic E-state index is 5.43. The summed E-state index contributed by atoms with van der Waals surface area (Å²) in [6.07, 6.45) is 2.76. The van der Waals surface area contributed by atoms with Gasteiger partial charge in [0.1, 0.15) is 0 Å². The van der Waals surface area contributed by atoms with Gasteiger partial charge in [-0.05, 0) is 37.5 Å². The molecule has 0 fully saturated rings. The molecule has 0 amide bonds. The second kappa shape index (κ2) is 9.43. The van der Waals surface area contributed by atoms with Crippen LogP contribution in [-0.2, 0) is 19.3 Å². The summed E-state index contributed by atoms with van der Waals surface area (Å²) in [4.78, 5) is 9.24. The highest BCUT2D eigenvalue weighted by Crippen LogP contribution is 2.32. The number of aryl methyl sites for hydroxylation is 1. The number of rotatable bonds is 8. The number of hydrogen-bond acceptors (Lipinski definition) is 5. The molecule has 3 rings (SSSR count). The van der Waals surface area contributed by atoms with Crippen molar-refractivity contribution in [3.63, 3.8) is 0 Å². The summed E-state index contributed by atoms with van der Waals surface area (Å²) in [5, 5.41) is 10.0. The highest BCUT2D eigenvalue weighted by atomic mass is 32.1. The minimum Gasteiger partial charge on any atom is -0.454 e. The van der Waals surface area contributed by atoms with Crippen molar-refractivity contribution in [2.75, 3.05) is 26.4 Å². The number of benzene rings is 1. The van der Waals surface area contributed by atoms with Crippen LogP contribution in [0.15, 0.2) is 28.6 Å². The van der Waals surface area contributed by atoms with Crippen LogP contribution in [0.1, 0.15) is 30.1 Å². The van der Waals surface area contributed by atoms with E-state index >= 15 is 0 Å². The largest absolute Gasteiger partial charge is 0.454 e. The zero-order valence-corrected chi connectivity index (χ0v) is 16.2. The second-order valence-corrected chi connectivity index (χ2v) is 6.90. The Morgan fingerprint density at radius 2 is 2.08 bits per heavy atom. The SMILES string of the molecule is CCNC(=NCCc1csc(CC)n1)NCCc1ccc2c(c1)OCO2. The third-order valence-corrected chi connectivity index (χ3v) is 5.07. The maximum atomic E-state index is 5.43. The lowest BCUT2D eigenvalue weighted by Crippen LogP contribution is -2.38. The molecule has 2 N–H and O–H groups in total. The highest BCUT2D eigenvalue weighted by molar-refractivity contribution is 7.09.